The smallest absolute Gasteiger partial charge is 0.155 e. The summed E-state index contributed by atoms with van der Waals surface area (Å²) in [6.45, 7) is 0.817. The number of hydrogen-bond acceptors (Lipinski definition) is 5. The van der Waals surface area contributed by atoms with Crippen LogP contribution in [0.4, 0.5) is 10.1 Å². The number of halogens is 1. The Morgan fingerprint density at radius 3 is 3.05 bits per heavy atom. The third-order valence-electron chi connectivity index (χ3n) is 3.40. The number of rotatable bonds is 1. The molecule has 1 aromatic rings. The van der Waals surface area contributed by atoms with Crippen molar-refractivity contribution in [2.75, 3.05) is 24.7 Å². The van der Waals surface area contributed by atoms with Crippen LogP contribution in [-0.4, -0.2) is 24.1 Å². The summed E-state index contributed by atoms with van der Waals surface area (Å²) in [5, 5.41) is 0.449. The number of hydrogen-bond donors (Lipinski definition) is 2. The second-order valence-corrected chi connectivity index (χ2v) is 5.58. The number of aliphatic imine (C=N–C) groups is 1. The predicted octanol–water partition coefficient (Wildman–Crippen LogP) is 1.62. The summed E-state index contributed by atoms with van der Waals surface area (Å²) >= 11 is 1.46. The minimum absolute atomic E-state index is 0.292. The second kappa shape index (κ2) is 4.54. The lowest BCUT2D eigenvalue weighted by Gasteiger charge is -2.38. The Morgan fingerprint density at radius 2 is 2.21 bits per heavy atom. The molecule has 2 aliphatic rings. The van der Waals surface area contributed by atoms with E-state index in [1.807, 2.05) is 6.08 Å². The zero-order valence-electron chi connectivity index (χ0n) is 10.2. The largest absolute Gasteiger partial charge is 0.399 e. The van der Waals surface area contributed by atoms with Gasteiger partial charge in [-0.2, -0.15) is 0 Å². The maximum absolute atomic E-state index is 14.2. The van der Waals surface area contributed by atoms with Crippen LogP contribution in [0.2, 0.25) is 0 Å². The quantitative estimate of drug-likeness (QED) is 0.605. The fraction of sp³-hybridized carbons (Fsp3) is 0.308. The molecule has 6 heteroatoms. The van der Waals surface area contributed by atoms with Gasteiger partial charge in [-0.15, -0.1) is 0 Å². The van der Waals surface area contributed by atoms with Crippen LogP contribution in [0.5, 0.6) is 0 Å². The van der Waals surface area contributed by atoms with E-state index in [2.05, 4.69) is 4.99 Å². The van der Waals surface area contributed by atoms with E-state index in [0.29, 0.717) is 35.4 Å². The van der Waals surface area contributed by atoms with Crippen LogP contribution >= 0.6 is 11.8 Å². The molecule has 0 spiro atoms. The molecular weight excluding hydrogens is 265 g/mol. The topological polar surface area (TPSA) is 73.6 Å². The molecule has 0 saturated carbocycles. The molecule has 0 aromatic heterocycles. The number of ether oxygens (including phenoxy) is 1. The zero-order valence-corrected chi connectivity index (χ0v) is 11.0. The highest BCUT2D eigenvalue weighted by Gasteiger charge is 2.42. The van der Waals surface area contributed by atoms with Crippen molar-refractivity contribution in [1.29, 1.82) is 0 Å². The SMILES string of the molecule is NC1=N[C@@]2(c3cc(N)ccc3F)COCC=C2CS1. The standard InChI is InChI=1S/C13H14FN3OS/c14-11-2-1-9(15)5-10(11)13-7-18-4-3-8(13)6-19-12(16)17-13/h1-3,5H,4,6-7,15H2,(H2,16,17)/t13-/m0/s1. The first-order chi connectivity index (χ1) is 9.12. The molecule has 2 heterocycles. The first-order valence-corrected chi connectivity index (χ1v) is 6.91. The molecule has 0 amide bonds. The number of nitrogens with two attached hydrogens (primary N) is 2. The minimum atomic E-state index is -0.854. The average molecular weight is 279 g/mol. The molecule has 4 nitrogen and oxygen atoms in total. The second-order valence-electron chi connectivity index (χ2n) is 4.58. The highest BCUT2D eigenvalue weighted by molar-refractivity contribution is 8.14. The normalized spacial score (nSPS) is 26.4. The number of benzene rings is 1. The fourth-order valence-electron chi connectivity index (χ4n) is 2.45. The van der Waals surface area contributed by atoms with Gasteiger partial charge in [0.05, 0.1) is 13.2 Å². The highest BCUT2D eigenvalue weighted by Crippen LogP contribution is 2.43. The van der Waals surface area contributed by atoms with Crippen molar-refractivity contribution < 1.29 is 9.13 Å². The number of nitrogens with zero attached hydrogens (tertiary/aromatic N) is 1. The van der Waals surface area contributed by atoms with Crippen molar-refractivity contribution in [3.8, 4) is 0 Å². The molecule has 0 saturated heterocycles. The predicted molar refractivity (Wildman–Crippen MR) is 75.5 cm³/mol. The molecule has 1 atom stereocenters. The van der Waals surface area contributed by atoms with E-state index in [9.17, 15) is 4.39 Å². The lowest BCUT2D eigenvalue weighted by Crippen LogP contribution is -2.41. The van der Waals surface area contributed by atoms with Gasteiger partial charge in [0.15, 0.2) is 5.17 Å². The third kappa shape index (κ3) is 2.01. The van der Waals surface area contributed by atoms with E-state index >= 15 is 0 Å². The summed E-state index contributed by atoms with van der Waals surface area (Å²) in [6, 6.07) is 4.51. The van der Waals surface area contributed by atoms with Crippen LogP contribution in [-0.2, 0) is 10.3 Å². The first kappa shape index (κ1) is 12.5. The molecule has 4 N–H and O–H groups in total. The summed E-state index contributed by atoms with van der Waals surface area (Å²) in [6.07, 6.45) is 1.95. The fourth-order valence-corrected chi connectivity index (χ4v) is 3.33. The Labute approximate surface area is 114 Å². The van der Waals surface area contributed by atoms with E-state index in [1.165, 1.54) is 23.9 Å². The molecule has 0 fully saturated rings. The summed E-state index contributed by atoms with van der Waals surface area (Å²) in [4.78, 5) is 4.48. The molecule has 0 unspecified atom stereocenters. The molecule has 1 aromatic carbocycles. The van der Waals surface area contributed by atoms with Crippen molar-refractivity contribution in [2.24, 2.45) is 10.7 Å². The molecule has 0 bridgehead atoms. The van der Waals surface area contributed by atoms with Crippen molar-refractivity contribution in [3.05, 3.63) is 41.2 Å². The monoisotopic (exact) mass is 279 g/mol. The molecule has 100 valence electrons. The Kier molecular flexibility index (Phi) is 2.99. The maximum atomic E-state index is 14.2. The maximum Gasteiger partial charge on any atom is 0.155 e. The van der Waals surface area contributed by atoms with E-state index < -0.39 is 5.54 Å². The van der Waals surface area contributed by atoms with Crippen molar-refractivity contribution in [1.82, 2.24) is 0 Å². The summed E-state index contributed by atoms with van der Waals surface area (Å²) in [5.41, 5.74) is 12.7. The van der Waals surface area contributed by atoms with Gasteiger partial charge in [-0.25, -0.2) is 9.38 Å². The van der Waals surface area contributed by atoms with Crippen LogP contribution in [0.1, 0.15) is 5.56 Å². The van der Waals surface area contributed by atoms with Gasteiger partial charge < -0.3 is 16.2 Å². The zero-order chi connectivity index (χ0) is 13.5. The van der Waals surface area contributed by atoms with Gasteiger partial charge in [-0.1, -0.05) is 17.8 Å². The van der Waals surface area contributed by atoms with Gasteiger partial charge in [-0.3, -0.25) is 0 Å². The number of thioether (sulfide) groups is 1. The van der Waals surface area contributed by atoms with E-state index in [1.54, 1.807) is 6.07 Å². The van der Waals surface area contributed by atoms with Gasteiger partial charge in [0.2, 0.25) is 0 Å². The highest BCUT2D eigenvalue weighted by atomic mass is 32.2. The van der Waals surface area contributed by atoms with Crippen LogP contribution in [0.25, 0.3) is 0 Å². The van der Waals surface area contributed by atoms with E-state index in [-0.39, 0.29) is 5.82 Å². The summed E-state index contributed by atoms with van der Waals surface area (Å²) in [7, 11) is 0. The minimum Gasteiger partial charge on any atom is -0.399 e. The Morgan fingerprint density at radius 1 is 1.37 bits per heavy atom. The molecule has 19 heavy (non-hydrogen) atoms. The number of fused-ring (bicyclic) bond motifs is 1. The van der Waals surface area contributed by atoms with Gasteiger partial charge >= 0.3 is 0 Å². The summed E-state index contributed by atoms with van der Waals surface area (Å²) < 4.78 is 19.7. The van der Waals surface area contributed by atoms with Crippen LogP contribution < -0.4 is 11.5 Å². The van der Waals surface area contributed by atoms with Gasteiger partial charge in [0.25, 0.3) is 0 Å². The molecule has 0 radical (unpaired) electrons. The first-order valence-electron chi connectivity index (χ1n) is 5.93. The van der Waals surface area contributed by atoms with Crippen LogP contribution in [0.15, 0.2) is 34.8 Å². The number of nitrogen functional groups attached to an aromatic ring is 1. The van der Waals surface area contributed by atoms with Crippen molar-refractivity contribution in [3.63, 3.8) is 0 Å². The number of amidine groups is 1. The average Bonchev–Trinajstić information content (AvgIpc) is 2.41. The summed E-state index contributed by atoms with van der Waals surface area (Å²) in [5.74, 6) is 0.362. The Bertz CT molecular complexity index is 587. The molecule has 3 rings (SSSR count). The lowest BCUT2D eigenvalue weighted by molar-refractivity contribution is 0.104. The Balaban J connectivity index is 2.23. The van der Waals surface area contributed by atoms with Gasteiger partial charge in [0.1, 0.15) is 11.4 Å². The molecule has 2 aliphatic heterocycles. The van der Waals surface area contributed by atoms with E-state index in [4.69, 9.17) is 16.2 Å². The van der Waals surface area contributed by atoms with Crippen LogP contribution in [0, 0.1) is 5.82 Å². The molecular formula is C13H14FN3OS. The van der Waals surface area contributed by atoms with Crippen molar-refractivity contribution >= 4 is 22.6 Å². The van der Waals surface area contributed by atoms with E-state index in [0.717, 1.165) is 5.57 Å². The third-order valence-corrected chi connectivity index (χ3v) is 4.24. The van der Waals surface area contributed by atoms with Gasteiger partial charge in [-0.05, 0) is 23.8 Å². The number of anilines is 1. The van der Waals surface area contributed by atoms with Crippen molar-refractivity contribution in [2.45, 2.75) is 5.54 Å². The van der Waals surface area contributed by atoms with Crippen LogP contribution in [0.3, 0.4) is 0 Å². The Hall–Kier alpha value is -1.53. The van der Waals surface area contributed by atoms with Gasteiger partial charge in [0, 0.05) is 17.0 Å². The molecule has 0 aliphatic carbocycles. The lowest BCUT2D eigenvalue weighted by atomic mass is 9.82.